The summed E-state index contributed by atoms with van der Waals surface area (Å²) in [7, 11) is 0. The van der Waals surface area contributed by atoms with Crippen LogP contribution in [0.15, 0.2) is 54.6 Å². The Morgan fingerprint density at radius 1 is 0.545 bits per heavy atom. The highest BCUT2D eigenvalue weighted by molar-refractivity contribution is 5.77. The quantitative estimate of drug-likeness (QED) is 0.111. The summed E-state index contributed by atoms with van der Waals surface area (Å²) in [4.78, 5) is 38.7. The second-order valence-corrected chi connectivity index (χ2v) is 14.4. The van der Waals surface area contributed by atoms with Gasteiger partial charge in [0, 0.05) is 61.9 Å². The van der Waals surface area contributed by atoms with Crippen LogP contribution >= 0.6 is 0 Å². The number of carbonyl (C=O) groups excluding carboxylic acids is 3. The minimum Gasteiger partial charge on any atom is -0.380 e. The van der Waals surface area contributed by atoms with Crippen molar-refractivity contribution in [2.45, 2.75) is 84.8 Å². The highest BCUT2D eigenvalue weighted by Gasteiger charge is 2.27. The molecule has 0 atom stereocenters. The number of hydrogen-bond donors (Lipinski definition) is 3. The predicted octanol–water partition coefficient (Wildman–Crippen LogP) is 8.24. The fourth-order valence-electron chi connectivity index (χ4n) is 6.53. The van der Waals surface area contributed by atoms with E-state index in [0.29, 0.717) is 24.1 Å². The molecule has 3 saturated heterocycles. The molecule has 3 aliphatic heterocycles. The lowest BCUT2D eigenvalue weighted by molar-refractivity contribution is 0.110. The highest BCUT2D eigenvalue weighted by Crippen LogP contribution is 2.22. The Morgan fingerprint density at radius 2 is 0.945 bits per heavy atom. The van der Waals surface area contributed by atoms with Gasteiger partial charge in [0.25, 0.3) is 0 Å². The lowest BCUT2D eigenvalue weighted by Crippen LogP contribution is -2.54. The molecule has 9 nitrogen and oxygen atoms in total. The molecule has 3 heterocycles. The van der Waals surface area contributed by atoms with Crippen molar-refractivity contribution < 1.29 is 27.6 Å². The van der Waals surface area contributed by atoms with Crippen LogP contribution < -0.4 is 16.0 Å². The van der Waals surface area contributed by atoms with E-state index in [9.17, 15) is 27.6 Å². The summed E-state index contributed by atoms with van der Waals surface area (Å²) in [5.74, 6) is -2.10. The molecule has 0 unspecified atom stereocenters. The summed E-state index contributed by atoms with van der Waals surface area (Å²) in [6.45, 7) is 16.1. The van der Waals surface area contributed by atoms with Gasteiger partial charge in [-0.25, -0.2) is 13.2 Å². The zero-order valence-corrected chi connectivity index (χ0v) is 32.0. The molecule has 0 spiro atoms. The van der Waals surface area contributed by atoms with E-state index in [1.54, 1.807) is 6.07 Å². The van der Waals surface area contributed by atoms with E-state index in [0.717, 1.165) is 82.0 Å². The first-order valence-corrected chi connectivity index (χ1v) is 19.4. The molecule has 0 bridgehead atoms. The monoisotopic (exact) mass is 766 g/mol. The Bertz CT molecular complexity index is 1590. The molecular formula is C43H61F3N6O3. The molecule has 6 rings (SSSR count). The maximum atomic E-state index is 13.4. The Kier molecular flexibility index (Phi) is 19.4. The second-order valence-electron chi connectivity index (χ2n) is 14.4. The molecule has 302 valence electrons. The normalized spacial score (nSPS) is 16.0. The molecule has 0 saturated carbocycles. The summed E-state index contributed by atoms with van der Waals surface area (Å²) in [6.07, 6.45) is 8.95. The summed E-state index contributed by atoms with van der Waals surface area (Å²) < 4.78 is 40.2. The van der Waals surface area contributed by atoms with E-state index in [1.165, 1.54) is 62.9 Å². The summed E-state index contributed by atoms with van der Waals surface area (Å²) in [5.41, 5.74) is 2.57. The number of nitrogens with zero attached hydrogens (tertiary/aromatic N) is 3. The number of halogens is 3. The molecule has 0 radical (unpaired) electrons. The molecule has 3 aromatic rings. The molecule has 55 heavy (non-hydrogen) atoms. The minimum absolute atomic E-state index is 0. The van der Waals surface area contributed by atoms with Crippen molar-refractivity contribution >= 4 is 35.9 Å². The van der Waals surface area contributed by atoms with Gasteiger partial charge >= 0.3 is 0 Å². The van der Waals surface area contributed by atoms with Gasteiger partial charge in [-0.3, -0.25) is 29.1 Å². The van der Waals surface area contributed by atoms with Crippen LogP contribution in [0, 0.1) is 17.5 Å². The van der Waals surface area contributed by atoms with E-state index in [4.69, 9.17) is 0 Å². The Hall–Kier alpha value is -4.26. The van der Waals surface area contributed by atoms with Crippen molar-refractivity contribution in [2.24, 2.45) is 0 Å². The van der Waals surface area contributed by atoms with Crippen molar-refractivity contribution in [1.82, 2.24) is 14.7 Å². The standard InChI is InChI=1S/C14H18F2N2O.C14H19FN2O.C14H20N2O.CH4/c1-2-3-4-18-7-11(8-18)17-10-5-13(15)12(9-19)14(16)6-10;1-2-3-6-17-8-13(9-17)16-12-5-4-11(10-18)14(15)7-12;1-2-3-8-16-9-14(10-16)15-13-6-4-12(11-17)5-7-13;/h5-6,9,11,17H,2-4,7-8H2,1H3;4-5,7,10,13,16H,2-3,6,8-9H2,1H3;4-7,11,14-15H,2-3,8-10H2,1H3;1H4. The Morgan fingerprint density at radius 3 is 1.33 bits per heavy atom. The van der Waals surface area contributed by atoms with Crippen LogP contribution in [0.2, 0.25) is 0 Å². The van der Waals surface area contributed by atoms with Crippen LogP contribution in [0.4, 0.5) is 30.2 Å². The van der Waals surface area contributed by atoms with Crippen LogP contribution in [-0.2, 0) is 0 Å². The first kappa shape index (κ1) is 45.1. The second kappa shape index (κ2) is 23.6. The average molecular weight is 767 g/mol. The van der Waals surface area contributed by atoms with Crippen LogP contribution in [0.25, 0.3) is 0 Å². The minimum atomic E-state index is -0.820. The van der Waals surface area contributed by atoms with E-state index >= 15 is 0 Å². The highest BCUT2D eigenvalue weighted by atomic mass is 19.1. The van der Waals surface area contributed by atoms with Gasteiger partial charge in [-0.05, 0) is 93.5 Å². The van der Waals surface area contributed by atoms with Crippen molar-refractivity contribution in [3.05, 3.63) is 88.7 Å². The average Bonchev–Trinajstić information content (AvgIpc) is 3.12. The fraction of sp³-hybridized carbons (Fsp3) is 0.512. The van der Waals surface area contributed by atoms with Gasteiger partial charge in [-0.2, -0.15) is 0 Å². The zero-order chi connectivity index (χ0) is 38.9. The van der Waals surface area contributed by atoms with Gasteiger partial charge in [-0.15, -0.1) is 0 Å². The van der Waals surface area contributed by atoms with Gasteiger partial charge in [0.2, 0.25) is 0 Å². The van der Waals surface area contributed by atoms with Crippen molar-refractivity contribution in [1.29, 1.82) is 0 Å². The van der Waals surface area contributed by atoms with Crippen LogP contribution in [0.3, 0.4) is 0 Å². The number of likely N-dealkylation sites (tertiary alicyclic amines) is 3. The van der Waals surface area contributed by atoms with Crippen LogP contribution in [0.5, 0.6) is 0 Å². The number of benzene rings is 3. The van der Waals surface area contributed by atoms with E-state index < -0.39 is 23.0 Å². The van der Waals surface area contributed by atoms with E-state index in [-0.39, 0.29) is 25.3 Å². The largest absolute Gasteiger partial charge is 0.380 e. The number of aldehydes is 3. The number of rotatable bonds is 18. The summed E-state index contributed by atoms with van der Waals surface area (Å²) in [6, 6.07) is 15.8. The number of hydrogen-bond acceptors (Lipinski definition) is 9. The number of carbonyl (C=O) groups is 3. The van der Waals surface area contributed by atoms with Crippen molar-refractivity contribution in [3.63, 3.8) is 0 Å². The molecular weight excluding hydrogens is 706 g/mol. The third-order valence-electron chi connectivity index (χ3n) is 9.84. The Labute approximate surface area is 326 Å². The third kappa shape index (κ3) is 14.4. The van der Waals surface area contributed by atoms with Crippen LogP contribution in [0.1, 0.15) is 97.8 Å². The molecule has 3 aromatic carbocycles. The zero-order valence-electron chi connectivity index (χ0n) is 32.0. The summed E-state index contributed by atoms with van der Waals surface area (Å²) >= 11 is 0. The van der Waals surface area contributed by atoms with Crippen molar-refractivity contribution in [3.8, 4) is 0 Å². The summed E-state index contributed by atoms with van der Waals surface area (Å²) in [5, 5.41) is 9.84. The lowest BCUT2D eigenvalue weighted by Gasteiger charge is -2.40. The number of unbranched alkanes of at least 4 members (excludes halogenated alkanes) is 3. The SMILES string of the molecule is C.CCCCN1CC(Nc2cc(F)c(C=O)c(F)c2)C1.CCCCN1CC(Nc2ccc(C=O)c(F)c2)C1.CCCCN1CC(Nc2ccc(C=O)cc2)C1. The van der Waals surface area contributed by atoms with Gasteiger partial charge in [-0.1, -0.05) is 47.5 Å². The number of anilines is 3. The molecule has 0 amide bonds. The lowest BCUT2D eigenvalue weighted by atomic mass is 10.1. The van der Waals surface area contributed by atoms with E-state index in [2.05, 4.69) is 51.4 Å². The predicted molar refractivity (Wildman–Crippen MR) is 218 cm³/mol. The molecule has 0 aromatic heterocycles. The van der Waals surface area contributed by atoms with Gasteiger partial charge in [0.05, 0.1) is 29.3 Å². The first-order valence-electron chi connectivity index (χ1n) is 19.4. The van der Waals surface area contributed by atoms with Gasteiger partial charge < -0.3 is 16.0 Å². The smallest absolute Gasteiger partial charge is 0.155 e. The van der Waals surface area contributed by atoms with E-state index in [1.807, 2.05) is 24.3 Å². The molecule has 3 fully saturated rings. The van der Waals surface area contributed by atoms with Crippen LogP contribution in [-0.4, -0.2) is 111 Å². The maximum absolute atomic E-state index is 13.4. The first-order chi connectivity index (χ1) is 26.2. The third-order valence-corrected chi connectivity index (χ3v) is 9.84. The maximum Gasteiger partial charge on any atom is 0.155 e. The Balaban J connectivity index is 0.000000220. The molecule has 3 aliphatic rings. The molecule has 12 heteroatoms. The molecule has 3 N–H and O–H groups in total. The van der Waals surface area contributed by atoms with Crippen molar-refractivity contribution in [2.75, 3.05) is 74.9 Å². The molecule has 0 aliphatic carbocycles. The van der Waals surface area contributed by atoms with Gasteiger partial charge in [0.15, 0.2) is 12.6 Å². The van der Waals surface area contributed by atoms with Gasteiger partial charge in [0.1, 0.15) is 23.7 Å². The number of nitrogens with one attached hydrogen (secondary N) is 3. The topological polar surface area (TPSA) is 97.0 Å². The fourth-order valence-corrected chi connectivity index (χ4v) is 6.53.